The van der Waals surface area contributed by atoms with Gasteiger partial charge >= 0.3 is 6.09 Å². The largest absolute Gasteiger partial charge is 0.444 e. The van der Waals surface area contributed by atoms with E-state index in [0.717, 1.165) is 10.0 Å². The SMILES string of the molecule is C=C[C@@H](CNC(=O)OC(C)(C)C)c1ccc(Br)cc1. The number of carbonyl (C=O) groups excluding carboxylic acids is 1. The molecular weight excluding hydrogens is 306 g/mol. The third-order valence-corrected chi connectivity index (χ3v) is 2.98. The summed E-state index contributed by atoms with van der Waals surface area (Å²) in [5.41, 5.74) is 0.625. The van der Waals surface area contributed by atoms with Gasteiger partial charge in [0, 0.05) is 16.9 Å². The second-order valence-electron chi connectivity index (χ2n) is 5.28. The zero-order valence-electron chi connectivity index (χ0n) is 11.6. The van der Waals surface area contributed by atoms with Crippen LogP contribution in [0.5, 0.6) is 0 Å². The van der Waals surface area contributed by atoms with Crippen LogP contribution in [-0.2, 0) is 4.74 Å². The van der Waals surface area contributed by atoms with E-state index in [1.54, 1.807) is 0 Å². The molecule has 19 heavy (non-hydrogen) atoms. The van der Waals surface area contributed by atoms with Gasteiger partial charge in [0.2, 0.25) is 0 Å². The molecule has 0 aliphatic rings. The number of hydrogen-bond donors (Lipinski definition) is 1. The summed E-state index contributed by atoms with van der Waals surface area (Å²) in [5.74, 6) is 0.0700. The van der Waals surface area contributed by atoms with E-state index in [-0.39, 0.29) is 5.92 Å². The van der Waals surface area contributed by atoms with Crippen molar-refractivity contribution >= 4 is 22.0 Å². The van der Waals surface area contributed by atoms with Gasteiger partial charge in [0.15, 0.2) is 0 Å². The molecule has 0 spiro atoms. The van der Waals surface area contributed by atoms with Gasteiger partial charge in [-0.3, -0.25) is 0 Å². The molecule has 0 aliphatic heterocycles. The second-order valence-corrected chi connectivity index (χ2v) is 6.19. The van der Waals surface area contributed by atoms with Crippen LogP contribution in [0.4, 0.5) is 4.79 Å². The Bertz CT molecular complexity index is 434. The number of carbonyl (C=O) groups is 1. The summed E-state index contributed by atoms with van der Waals surface area (Å²) in [6.07, 6.45) is 1.41. The fourth-order valence-corrected chi connectivity index (χ4v) is 1.82. The zero-order valence-corrected chi connectivity index (χ0v) is 13.2. The van der Waals surface area contributed by atoms with E-state index in [1.165, 1.54) is 0 Å². The summed E-state index contributed by atoms with van der Waals surface area (Å²) < 4.78 is 6.22. The average Bonchev–Trinajstić information content (AvgIpc) is 2.29. The minimum atomic E-state index is -0.481. The van der Waals surface area contributed by atoms with Gasteiger partial charge in [-0.2, -0.15) is 0 Å². The van der Waals surface area contributed by atoms with Crippen LogP contribution in [0.1, 0.15) is 32.3 Å². The van der Waals surface area contributed by atoms with Crippen molar-refractivity contribution in [2.75, 3.05) is 6.54 Å². The number of hydrogen-bond acceptors (Lipinski definition) is 2. The van der Waals surface area contributed by atoms with Crippen LogP contribution in [-0.4, -0.2) is 18.2 Å². The number of alkyl carbamates (subject to hydrolysis) is 1. The molecule has 1 rings (SSSR count). The van der Waals surface area contributed by atoms with E-state index in [2.05, 4.69) is 27.8 Å². The molecule has 0 bridgehead atoms. The average molecular weight is 326 g/mol. The number of ether oxygens (including phenoxy) is 1. The van der Waals surface area contributed by atoms with Crippen molar-refractivity contribution in [1.29, 1.82) is 0 Å². The van der Waals surface area contributed by atoms with Gasteiger partial charge in [-0.1, -0.05) is 34.1 Å². The molecule has 104 valence electrons. The lowest BCUT2D eigenvalue weighted by Crippen LogP contribution is -2.34. The topological polar surface area (TPSA) is 38.3 Å². The van der Waals surface area contributed by atoms with Gasteiger partial charge in [-0.05, 0) is 38.5 Å². The highest BCUT2D eigenvalue weighted by molar-refractivity contribution is 9.10. The quantitative estimate of drug-likeness (QED) is 0.840. The zero-order chi connectivity index (χ0) is 14.5. The smallest absolute Gasteiger partial charge is 0.407 e. The lowest BCUT2D eigenvalue weighted by molar-refractivity contribution is 0.0526. The minimum absolute atomic E-state index is 0.0700. The maximum atomic E-state index is 11.6. The third-order valence-electron chi connectivity index (χ3n) is 2.45. The third kappa shape index (κ3) is 5.92. The van der Waals surface area contributed by atoms with Gasteiger partial charge in [0.05, 0.1) is 0 Å². The molecule has 0 aliphatic carbocycles. The van der Waals surface area contributed by atoms with E-state index in [9.17, 15) is 4.79 Å². The summed E-state index contributed by atoms with van der Waals surface area (Å²) in [5, 5.41) is 2.76. The van der Waals surface area contributed by atoms with E-state index < -0.39 is 11.7 Å². The maximum Gasteiger partial charge on any atom is 0.407 e. The minimum Gasteiger partial charge on any atom is -0.444 e. The van der Waals surface area contributed by atoms with Crippen molar-refractivity contribution in [1.82, 2.24) is 5.32 Å². The van der Waals surface area contributed by atoms with Gasteiger partial charge in [0.1, 0.15) is 5.60 Å². The standard InChI is InChI=1S/C15H20BrNO2/c1-5-11(12-6-8-13(16)9-7-12)10-17-14(18)19-15(2,3)4/h5-9,11H,1,10H2,2-4H3,(H,17,18)/t11-/m0/s1. The summed E-state index contributed by atoms with van der Waals surface area (Å²) in [4.78, 5) is 11.6. The van der Waals surface area contributed by atoms with Crippen molar-refractivity contribution in [3.8, 4) is 0 Å². The predicted octanol–water partition coefficient (Wildman–Crippen LogP) is 4.24. The highest BCUT2D eigenvalue weighted by Gasteiger charge is 2.17. The highest BCUT2D eigenvalue weighted by atomic mass is 79.9. The summed E-state index contributed by atoms with van der Waals surface area (Å²) in [7, 11) is 0. The van der Waals surface area contributed by atoms with E-state index in [0.29, 0.717) is 6.54 Å². The first kappa shape index (κ1) is 15.8. The second kappa shape index (κ2) is 6.75. The van der Waals surface area contributed by atoms with Crippen LogP contribution >= 0.6 is 15.9 Å². The van der Waals surface area contributed by atoms with Gasteiger partial charge in [-0.15, -0.1) is 6.58 Å². The molecule has 0 heterocycles. The molecule has 0 saturated carbocycles. The van der Waals surface area contributed by atoms with E-state index >= 15 is 0 Å². The molecule has 4 heteroatoms. The molecule has 1 aromatic rings. The predicted molar refractivity (Wildman–Crippen MR) is 81.3 cm³/mol. The lowest BCUT2D eigenvalue weighted by Gasteiger charge is -2.21. The number of rotatable bonds is 4. The van der Waals surface area contributed by atoms with Crippen LogP contribution in [0.15, 0.2) is 41.4 Å². The Morgan fingerprint density at radius 3 is 2.47 bits per heavy atom. The number of amides is 1. The van der Waals surface area contributed by atoms with Crippen molar-refractivity contribution in [2.45, 2.75) is 32.3 Å². The van der Waals surface area contributed by atoms with Crippen LogP contribution in [0.3, 0.4) is 0 Å². The molecule has 1 N–H and O–H groups in total. The van der Waals surface area contributed by atoms with Gasteiger partial charge in [-0.25, -0.2) is 4.79 Å². The normalized spacial score (nSPS) is 12.6. The van der Waals surface area contributed by atoms with Gasteiger partial charge < -0.3 is 10.1 Å². The molecule has 0 aromatic heterocycles. The lowest BCUT2D eigenvalue weighted by atomic mass is 9.99. The molecule has 0 radical (unpaired) electrons. The number of benzene rings is 1. The fraction of sp³-hybridized carbons (Fsp3) is 0.400. The van der Waals surface area contributed by atoms with Crippen LogP contribution in [0.25, 0.3) is 0 Å². The Hall–Kier alpha value is -1.29. The highest BCUT2D eigenvalue weighted by Crippen LogP contribution is 2.19. The molecule has 0 fully saturated rings. The summed E-state index contributed by atoms with van der Waals surface area (Å²) >= 11 is 3.40. The van der Waals surface area contributed by atoms with E-state index in [4.69, 9.17) is 4.74 Å². The van der Waals surface area contributed by atoms with E-state index in [1.807, 2.05) is 51.1 Å². The molecule has 1 amide bonds. The number of nitrogens with one attached hydrogen (secondary N) is 1. The molecule has 1 atom stereocenters. The monoisotopic (exact) mass is 325 g/mol. The van der Waals surface area contributed by atoms with Crippen molar-refractivity contribution < 1.29 is 9.53 Å². The van der Waals surface area contributed by atoms with Crippen LogP contribution in [0.2, 0.25) is 0 Å². The Labute approximate surface area is 123 Å². The molecular formula is C15H20BrNO2. The Morgan fingerprint density at radius 2 is 2.00 bits per heavy atom. The maximum absolute atomic E-state index is 11.6. The van der Waals surface area contributed by atoms with Crippen molar-refractivity contribution in [2.24, 2.45) is 0 Å². The van der Waals surface area contributed by atoms with Crippen LogP contribution in [0, 0.1) is 0 Å². The molecule has 0 unspecified atom stereocenters. The first-order chi connectivity index (χ1) is 8.81. The fourth-order valence-electron chi connectivity index (χ4n) is 1.55. The Morgan fingerprint density at radius 1 is 1.42 bits per heavy atom. The molecule has 0 saturated heterocycles. The molecule has 1 aromatic carbocycles. The van der Waals surface area contributed by atoms with Crippen molar-refractivity contribution in [3.05, 3.63) is 47.0 Å². The first-order valence-corrected chi connectivity index (χ1v) is 6.96. The molecule has 3 nitrogen and oxygen atoms in total. The Kier molecular flexibility index (Phi) is 5.60. The van der Waals surface area contributed by atoms with Crippen LogP contribution < -0.4 is 5.32 Å². The number of halogens is 1. The Balaban J connectivity index is 2.56. The summed E-state index contributed by atoms with van der Waals surface area (Å²) in [6.45, 7) is 9.80. The van der Waals surface area contributed by atoms with Gasteiger partial charge in [0.25, 0.3) is 0 Å². The first-order valence-electron chi connectivity index (χ1n) is 6.16. The van der Waals surface area contributed by atoms with Crippen molar-refractivity contribution in [3.63, 3.8) is 0 Å². The summed E-state index contributed by atoms with van der Waals surface area (Å²) in [6, 6.07) is 7.96.